The minimum absolute atomic E-state index is 0.0690. The molecule has 0 bridgehead atoms. The van der Waals surface area contributed by atoms with Crippen LogP contribution < -0.4 is 19.8 Å². The molecule has 0 aliphatic heterocycles. The maximum Gasteiger partial charge on any atom is 0.340 e. The van der Waals surface area contributed by atoms with E-state index in [1.54, 1.807) is 42.5 Å². The van der Waals surface area contributed by atoms with E-state index in [9.17, 15) is 17.6 Å². The third-order valence-electron chi connectivity index (χ3n) is 4.43. The van der Waals surface area contributed by atoms with E-state index in [0.717, 1.165) is 16.5 Å². The molecule has 7 nitrogen and oxygen atoms in total. The first kappa shape index (κ1) is 20.8. The normalized spacial score (nSPS) is 11.6. The van der Waals surface area contributed by atoms with Crippen LogP contribution in [0, 0.1) is 6.92 Å². The van der Waals surface area contributed by atoms with Crippen molar-refractivity contribution in [3.05, 3.63) is 69.6 Å². The Morgan fingerprint density at radius 1 is 1.17 bits per heavy atom. The second kappa shape index (κ2) is 8.62. The third-order valence-corrected chi connectivity index (χ3v) is 5.48. The van der Waals surface area contributed by atoms with E-state index in [-0.39, 0.29) is 13.0 Å². The maximum atomic E-state index is 12.6. The zero-order valence-corrected chi connectivity index (χ0v) is 16.8. The van der Waals surface area contributed by atoms with Gasteiger partial charge < -0.3 is 9.15 Å². The van der Waals surface area contributed by atoms with Crippen molar-refractivity contribution in [3.8, 4) is 5.75 Å². The third kappa shape index (κ3) is 4.93. The number of aryl methyl sites for hydroxylation is 1. The quantitative estimate of drug-likeness (QED) is 0.546. The molecule has 0 radical (unpaired) electrons. The molecule has 1 aromatic heterocycles. The van der Waals surface area contributed by atoms with Gasteiger partial charge in [0.15, 0.2) is 0 Å². The minimum atomic E-state index is -3.63. The monoisotopic (exact) mass is 420 g/mol. The van der Waals surface area contributed by atoms with E-state index >= 15 is 0 Å². The summed E-state index contributed by atoms with van der Waals surface area (Å²) in [4.78, 5) is 12.6. The van der Waals surface area contributed by atoms with Crippen LogP contribution in [0.25, 0.3) is 11.0 Å². The van der Waals surface area contributed by atoms with Crippen molar-refractivity contribution < 1.29 is 22.0 Å². The summed E-state index contributed by atoms with van der Waals surface area (Å²) in [6, 6.07) is 11.8. The number of fused-ring (bicyclic) bond motifs is 1. The molecule has 0 aliphatic rings. The van der Waals surface area contributed by atoms with Crippen LogP contribution in [0.1, 0.15) is 16.7 Å². The van der Waals surface area contributed by atoms with Crippen molar-refractivity contribution in [2.75, 3.05) is 25.1 Å². The Morgan fingerprint density at radius 3 is 2.69 bits per heavy atom. The number of benzene rings is 2. The fraction of sp³-hybridized carbons (Fsp3) is 0.250. The van der Waals surface area contributed by atoms with Gasteiger partial charge in [-0.15, -0.1) is 0 Å². The van der Waals surface area contributed by atoms with Crippen LogP contribution in [0.5, 0.6) is 5.75 Å². The molecule has 0 saturated carbocycles. The van der Waals surface area contributed by atoms with E-state index < -0.39 is 22.5 Å². The Hall–Kier alpha value is -2.91. The summed E-state index contributed by atoms with van der Waals surface area (Å²) >= 11 is 0. The van der Waals surface area contributed by atoms with Gasteiger partial charge in [0.25, 0.3) is 10.2 Å². The Kier molecular flexibility index (Phi) is 6.19. The smallest absolute Gasteiger partial charge is 0.340 e. The lowest BCUT2D eigenvalue weighted by molar-refractivity contribution is 0.273. The first-order valence-corrected chi connectivity index (χ1v) is 10.4. The van der Waals surface area contributed by atoms with Gasteiger partial charge in [-0.2, -0.15) is 8.42 Å². The SMILES string of the molecule is CNS(=O)(=O)Nc1cccc(Cc2c(C)c3ccc(OCCF)cc3oc2=O)c1. The van der Waals surface area contributed by atoms with E-state index in [1.807, 2.05) is 6.92 Å². The number of ether oxygens (including phenoxy) is 1. The first-order valence-electron chi connectivity index (χ1n) is 8.88. The van der Waals surface area contributed by atoms with Crippen LogP contribution in [0.4, 0.5) is 10.1 Å². The van der Waals surface area contributed by atoms with Crippen molar-refractivity contribution in [2.24, 2.45) is 0 Å². The highest BCUT2D eigenvalue weighted by molar-refractivity contribution is 7.90. The van der Waals surface area contributed by atoms with E-state index in [4.69, 9.17) is 9.15 Å². The Labute approximate surface area is 167 Å². The molecule has 3 aromatic rings. The van der Waals surface area contributed by atoms with Crippen molar-refractivity contribution in [1.82, 2.24) is 4.72 Å². The average Bonchev–Trinajstić information content (AvgIpc) is 2.69. The Balaban J connectivity index is 1.93. The molecule has 2 aromatic carbocycles. The van der Waals surface area contributed by atoms with Crippen molar-refractivity contribution in [2.45, 2.75) is 13.3 Å². The van der Waals surface area contributed by atoms with Gasteiger partial charge >= 0.3 is 5.63 Å². The van der Waals surface area contributed by atoms with Gasteiger partial charge in [0, 0.05) is 30.5 Å². The van der Waals surface area contributed by atoms with E-state index in [2.05, 4.69) is 9.44 Å². The average molecular weight is 420 g/mol. The van der Waals surface area contributed by atoms with Crippen molar-refractivity contribution in [3.63, 3.8) is 0 Å². The maximum absolute atomic E-state index is 12.6. The molecule has 0 atom stereocenters. The van der Waals surface area contributed by atoms with Gasteiger partial charge in [-0.25, -0.2) is 13.9 Å². The van der Waals surface area contributed by atoms with Crippen LogP contribution in [0.3, 0.4) is 0 Å². The van der Waals surface area contributed by atoms with Crippen molar-refractivity contribution >= 4 is 26.9 Å². The zero-order chi connectivity index (χ0) is 21.0. The first-order chi connectivity index (χ1) is 13.8. The molecule has 0 aliphatic carbocycles. The fourth-order valence-corrected chi connectivity index (χ4v) is 3.52. The molecule has 154 valence electrons. The summed E-state index contributed by atoms with van der Waals surface area (Å²) in [6.07, 6.45) is 0.277. The highest BCUT2D eigenvalue weighted by Gasteiger charge is 2.14. The molecule has 0 saturated heterocycles. The topological polar surface area (TPSA) is 97.6 Å². The summed E-state index contributed by atoms with van der Waals surface area (Å²) in [5.74, 6) is 0.426. The number of rotatable bonds is 8. The Morgan fingerprint density at radius 2 is 1.97 bits per heavy atom. The predicted molar refractivity (Wildman–Crippen MR) is 110 cm³/mol. The molecule has 9 heteroatoms. The molecule has 0 unspecified atom stereocenters. The van der Waals surface area contributed by atoms with Gasteiger partial charge in [-0.3, -0.25) is 4.72 Å². The van der Waals surface area contributed by atoms with E-state index in [1.165, 1.54) is 7.05 Å². The number of hydrogen-bond donors (Lipinski definition) is 2. The lowest BCUT2D eigenvalue weighted by Crippen LogP contribution is -2.26. The van der Waals surface area contributed by atoms with Gasteiger partial charge in [-0.05, 0) is 42.3 Å². The molecule has 0 fully saturated rings. The highest BCUT2D eigenvalue weighted by Crippen LogP contribution is 2.25. The highest BCUT2D eigenvalue weighted by atomic mass is 32.2. The standard InChI is InChI=1S/C20H21FN2O5S/c1-13-17-7-6-16(27-9-8-21)12-19(17)28-20(24)18(13)11-14-4-3-5-15(10-14)23-29(25,26)22-2/h3-7,10,12,22-23H,8-9,11H2,1-2H3. The lowest BCUT2D eigenvalue weighted by Gasteiger charge is -2.11. The molecule has 2 N–H and O–H groups in total. The fourth-order valence-electron chi connectivity index (χ4n) is 2.98. The largest absolute Gasteiger partial charge is 0.491 e. The number of alkyl halides is 1. The van der Waals surface area contributed by atoms with Crippen LogP contribution in [-0.4, -0.2) is 28.7 Å². The number of hydrogen-bond acceptors (Lipinski definition) is 5. The second-order valence-electron chi connectivity index (χ2n) is 6.38. The summed E-state index contributed by atoms with van der Waals surface area (Å²) in [6.45, 7) is 1.15. The molecule has 29 heavy (non-hydrogen) atoms. The second-order valence-corrected chi connectivity index (χ2v) is 7.99. The van der Waals surface area contributed by atoms with Crippen LogP contribution in [-0.2, 0) is 16.6 Å². The van der Waals surface area contributed by atoms with Crippen molar-refractivity contribution in [1.29, 1.82) is 0 Å². The number of anilines is 1. The minimum Gasteiger partial charge on any atom is -0.491 e. The van der Waals surface area contributed by atoms with Gasteiger partial charge in [0.05, 0.1) is 5.69 Å². The van der Waals surface area contributed by atoms with Gasteiger partial charge in [0.1, 0.15) is 24.6 Å². The van der Waals surface area contributed by atoms with Crippen LogP contribution in [0.2, 0.25) is 0 Å². The molecule has 0 spiro atoms. The van der Waals surface area contributed by atoms with Gasteiger partial charge in [0.2, 0.25) is 0 Å². The van der Waals surface area contributed by atoms with Crippen LogP contribution in [0.15, 0.2) is 51.7 Å². The Bertz CT molecular complexity index is 1190. The summed E-state index contributed by atoms with van der Waals surface area (Å²) in [7, 11) is -2.32. The summed E-state index contributed by atoms with van der Waals surface area (Å²) < 4.78 is 50.9. The summed E-state index contributed by atoms with van der Waals surface area (Å²) in [5.41, 5.74) is 2.24. The number of nitrogens with one attached hydrogen (secondary N) is 2. The van der Waals surface area contributed by atoms with Crippen LogP contribution >= 0.6 is 0 Å². The zero-order valence-electron chi connectivity index (χ0n) is 16.0. The van der Waals surface area contributed by atoms with E-state index in [0.29, 0.717) is 22.6 Å². The predicted octanol–water partition coefficient (Wildman–Crippen LogP) is 2.92. The molecular formula is C20H21FN2O5S. The lowest BCUT2D eigenvalue weighted by atomic mass is 9.99. The summed E-state index contributed by atoms with van der Waals surface area (Å²) in [5, 5.41) is 0.749. The number of halogens is 1. The molecule has 3 rings (SSSR count). The van der Waals surface area contributed by atoms with Gasteiger partial charge in [-0.1, -0.05) is 12.1 Å². The molecule has 0 amide bonds. The molecular weight excluding hydrogens is 399 g/mol. The molecule has 1 heterocycles.